The van der Waals surface area contributed by atoms with Gasteiger partial charge in [-0.15, -0.1) is 11.3 Å². The molecule has 21 heavy (non-hydrogen) atoms. The van der Waals surface area contributed by atoms with E-state index in [4.69, 9.17) is 0 Å². The summed E-state index contributed by atoms with van der Waals surface area (Å²) in [5.41, 5.74) is 2.49. The second kappa shape index (κ2) is 6.70. The van der Waals surface area contributed by atoms with Crippen LogP contribution in [0.25, 0.3) is 0 Å². The first-order chi connectivity index (χ1) is 10.3. The van der Waals surface area contributed by atoms with E-state index in [9.17, 15) is 0 Å². The molecule has 0 radical (unpaired) electrons. The van der Waals surface area contributed by atoms with Crippen LogP contribution < -0.4 is 5.32 Å². The topological polar surface area (TPSA) is 29.9 Å². The lowest BCUT2D eigenvalue weighted by atomic mass is 10.2. The molecule has 1 N–H and O–H groups in total. The summed E-state index contributed by atoms with van der Waals surface area (Å²) in [7, 11) is 0. The van der Waals surface area contributed by atoms with Gasteiger partial charge in [-0.2, -0.15) is 5.10 Å². The molecular weight excluding hydrogens is 278 g/mol. The van der Waals surface area contributed by atoms with Crippen LogP contribution in [0, 0.1) is 0 Å². The van der Waals surface area contributed by atoms with Crippen molar-refractivity contribution in [3.8, 4) is 0 Å². The maximum atomic E-state index is 4.43. The van der Waals surface area contributed by atoms with Gasteiger partial charge < -0.3 is 5.32 Å². The van der Waals surface area contributed by atoms with Crippen molar-refractivity contribution >= 4 is 11.3 Å². The molecule has 2 heterocycles. The highest BCUT2D eigenvalue weighted by atomic mass is 32.1. The summed E-state index contributed by atoms with van der Waals surface area (Å²) in [6.07, 6.45) is 4.05. The third kappa shape index (κ3) is 3.80. The lowest BCUT2D eigenvalue weighted by Gasteiger charge is -2.10. The van der Waals surface area contributed by atoms with Crippen molar-refractivity contribution in [1.29, 1.82) is 0 Å². The monoisotopic (exact) mass is 297 g/mol. The Kier molecular flexibility index (Phi) is 4.48. The molecule has 2 aromatic heterocycles. The number of rotatable bonds is 6. The lowest BCUT2D eigenvalue weighted by molar-refractivity contribution is 0.582. The molecular formula is C17H19N3S. The van der Waals surface area contributed by atoms with Crippen LogP contribution >= 0.6 is 11.3 Å². The SMILES string of the molecule is C[C@@H](NCc1cnn(Cc2ccccc2)c1)c1cccs1. The summed E-state index contributed by atoms with van der Waals surface area (Å²) < 4.78 is 1.99. The van der Waals surface area contributed by atoms with E-state index in [0.717, 1.165) is 13.1 Å². The molecule has 0 amide bonds. The summed E-state index contributed by atoms with van der Waals surface area (Å²) in [5.74, 6) is 0. The Morgan fingerprint density at radius 1 is 1.14 bits per heavy atom. The lowest BCUT2D eigenvalue weighted by Crippen LogP contribution is -2.16. The number of hydrogen-bond donors (Lipinski definition) is 1. The van der Waals surface area contributed by atoms with Gasteiger partial charge in [-0.3, -0.25) is 4.68 Å². The molecule has 0 aliphatic heterocycles. The van der Waals surface area contributed by atoms with E-state index in [1.54, 1.807) is 11.3 Å². The van der Waals surface area contributed by atoms with Crippen molar-refractivity contribution in [3.63, 3.8) is 0 Å². The van der Waals surface area contributed by atoms with Gasteiger partial charge in [0.1, 0.15) is 0 Å². The van der Waals surface area contributed by atoms with Crippen LogP contribution in [0.4, 0.5) is 0 Å². The fourth-order valence-corrected chi connectivity index (χ4v) is 3.02. The first kappa shape index (κ1) is 14.0. The zero-order valence-electron chi connectivity index (χ0n) is 12.1. The molecule has 0 fully saturated rings. The fraction of sp³-hybridized carbons (Fsp3) is 0.235. The predicted molar refractivity (Wildman–Crippen MR) is 87.3 cm³/mol. The Labute approximate surface area is 129 Å². The Morgan fingerprint density at radius 2 is 2.00 bits per heavy atom. The number of benzene rings is 1. The fourth-order valence-electron chi connectivity index (χ4n) is 2.26. The van der Waals surface area contributed by atoms with Gasteiger partial charge in [0.25, 0.3) is 0 Å². The molecule has 0 spiro atoms. The zero-order chi connectivity index (χ0) is 14.5. The van der Waals surface area contributed by atoms with Crippen LogP contribution in [0.15, 0.2) is 60.2 Å². The van der Waals surface area contributed by atoms with Gasteiger partial charge in [0.2, 0.25) is 0 Å². The van der Waals surface area contributed by atoms with E-state index in [-0.39, 0.29) is 0 Å². The Balaban J connectivity index is 1.55. The van der Waals surface area contributed by atoms with Gasteiger partial charge in [-0.1, -0.05) is 36.4 Å². The third-order valence-electron chi connectivity index (χ3n) is 3.46. The quantitative estimate of drug-likeness (QED) is 0.749. The highest BCUT2D eigenvalue weighted by Gasteiger charge is 2.06. The smallest absolute Gasteiger partial charge is 0.0659 e. The Bertz CT molecular complexity index is 658. The van der Waals surface area contributed by atoms with E-state index in [1.165, 1.54) is 16.0 Å². The first-order valence-corrected chi connectivity index (χ1v) is 8.01. The van der Waals surface area contributed by atoms with Gasteiger partial charge in [-0.05, 0) is 23.9 Å². The molecule has 0 unspecified atom stereocenters. The average Bonchev–Trinajstić information content (AvgIpc) is 3.17. The van der Waals surface area contributed by atoms with Gasteiger partial charge in [0, 0.05) is 29.2 Å². The van der Waals surface area contributed by atoms with Crippen molar-refractivity contribution in [3.05, 3.63) is 76.2 Å². The molecule has 1 aromatic carbocycles. The number of nitrogens with one attached hydrogen (secondary N) is 1. The molecule has 4 heteroatoms. The average molecular weight is 297 g/mol. The first-order valence-electron chi connectivity index (χ1n) is 7.13. The second-order valence-electron chi connectivity index (χ2n) is 5.15. The van der Waals surface area contributed by atoms with Crippen molar-refractivity contribution in [2.75, 3.05) is 0 Å². The molecule has 3 nitrogen and oxygen atoms in total. The summed E-state index contributed by atoms with van der Waals surface area (Å²) in [4.78, 5) is 1.37. The second-order valence-corrected chi connectivity index (χ2v) is 6.13. The molecule has 1 atom stereocenters. The van der Waals surface area contributed by atoms with Gasteiger partial charge >= 0.3 is 0 Å². The van der Waals surface area contributed by atoms with Crippen molar-refractivity contribution in [2.45, 2.75) is 26.1 Å². The maximum Gasteiger partial charge on any atom is 0.0659 e. The normalized spacial score (nSPS) is 12.4. The highest BCUT2D eigenvalue weighted by molar-refractivity contribution is 7.10. The van der Waals surface area contributed by atoms with Crippen LogP contribution in [-0.2, 0) is 13.1 Å². The van der Waals surface area contributed by atoms with E-state index in [1.807, 2.05) is 16.9 Å². The van der Waals surface area contributed by atoms with Gasteiger partial charge in [-0.25, -0.2) is 0 Å². The molecule has 3 aromatic rings. The summed E-state index contributed by atoms with van der Waals surface area (Å²) in [6, 6.07) is 15.0. The van der Waals surface area contributed by atoms with Crippen molar-refractivity contribution in [2.24, 2.45) is 0 Å². The molecule has 0 aliphatic rings. The van der Waals surface area contributed by atoms with Gasteiger partial charge in [0.15, 0.2) is 0 Å². The minimum absolute atomic E-state index is 0.377. The summed E-state index contributed by atoms with van der Waals surface area (Å²) in [6.45, 7) is 3.86. The molecule has 0 saturated carbocycles. The van der Waals surface area contributed by atoms with E-state index >= 15 is 0 Å². The number of hydrogen-bond acceptors (Lipinski definition) is 3. The summed E-state index contributed by atoms with van der Waals surface area (Å²) >= 11 is 1.79. The highest BCUT2D eigenvalue weighted by Crippen LogP contribution is 2.18. The maximum absolute atomic E-state index is 4.43. The number of thiophene rings is 1. The number of aromatic nitrogens is 2. The molecule has 108 valence electrons. The summed E-state index contributed by atoms with van der Waals surface area (Å²) in [5, 5.41) is 10.1. The molecule has 0 bridgehead atoms. The van der Waals surface area contributed by atoms with Crippen molar-refractivity contribution in [1.82, 2.24) is 15.1 Å². The predicted octanol–water partition coefficient (Wildman–Crippen LogP) is 3.84. The van der Waals surface area contributed by atoms with Crippen LogP contribution in [0.5, 0.6) is 0 Å². The van der Waals surface area contributed by atoms with E-state index in [0.29, 0.717) is 6.04 Å². The van der Waals surface area contributed by atoms with Crippen LogP contribution in [-0.4, -0.2) is 9.78 Å². The van der Waals surface area contributed by atoms with Crippen molar-refractivity contribution < 1.29 is 0 Å². The van der Waals surface area contributed by atoms with E-state index < -0.39 is 0 Å². The minimum atomic E-state index is 0.377. The molecule has 0 aliphatic carbocycles. The number of nitrogens with zero attached hydrogens (tertiary/aromatic N) is 2. The zero-order valence-corrected chi connectivity index (χ0v) is 12.9. The molecule has 3 rings (SSSR count). The van der Waals surface area contributed by atoms with Crippen LogP contribution in [0.3, 0.4) is 0 Å². The molecule has 0 saturated heterocycles. The minimum Gasteiger partial charge on any atom is -0.305 e. The third-order valence-corrected chi connectivity index (χ3v) is 4.51. The Morgan fingerprint density at radius 3 is 2.76 bits per heavy atom. The Hall–Kier alpha value is -1.91. The van der Waals surface area contributed by atoms with E-state index in [2.05, 4.69) is 65.3 Å². The van der Waals surface area contributed by atoms with Gasteiger partial charge in [0.05, 0.1) is 12.7 Å². The standard InChI is InChI=1S/C17H19N3S/c1-14(17-8-5-9-21-17)18-10-16-11-19-20(13-16)12-15-6-3-2-4-7-15/h2-9,11,13-14,18H,10,12H2,1H3/t14-/m1/s1. The van der Waals surface area contributed by atoms with Crippen LogP contribution in [0.2, 0.25) is 0 Å². The largest absolute Gasteiger partial charge is 0.305 e. The van der Waals surface area contributed by atoms with Crippen LogP contribution in [0.1, 0.15) is 29.0 Å².